The van der Waals surface area contributed by atoms with Gasteiger partial charge < -0.3 is 10.8 Å². The van der Waals surface area contributed by atoms with E-state index >= 15 is 0 Å². The van der Waals surface area contributed by atoms with Crippen molar-refractivity contribution < 1.29 is 9.50 Å². The summed E-state index contributed by atoms with van der Waals surface area (Å²) in [5, 5.41) is 19.1. The topological polar surface area (TPSA) is 77.0 Å². The van der Waals surface area contributed by atoms with Gasteiger partial charge in [-0.25, -0.2) is 4.39 Å². The molecular formula is C15H19FN4OS. The van der Waals surface area contributed by atoms with Crippen LogP contribution in [0, 0.1) is 11.7 Å². The Labute approximate surface area is 132 Å². The summed E-state index contributed by atoms with van der Waals surface area (Å²) >= 11 is 1.47. The van der Waals surface area contributed by atoms with Gasteiger partial charge in [-0.1, -0.05) is 11.8 Å². The number of nitrogens with two attached hydrogens (primary N) is 1. The molecule has 0 amide bonds. The van der Waals surface area contributed by atoms with E-state index in [0.717, 1.165) is 24.4 Å². The molecule has 0 bridgehead atoms. The normalized spacial score (nSPS) is 16.0. The second kappa shape index (κ2) is 6.76. The predicted octanol–water partition coefficient (Wildman–Crippen LogP) is 1.77. The fourth-order valence-electron chi connectivity index (χ4n) is 2.31. The average molecular weight is 322 g/mol. The lowest BCUT2D eigenvalue weighted by atomic mass is 10.3. The van der Waals surface area contributed by atoms with Crippen molar-refractivity contribution in [2.45, 2.75) is 30.5 Å². The Kier molecular flexibility index (Phi) is 4.75. The first kappa shape index (κ1) is 15.5. The fourth-order valence-corrected chi connectivity index (χ4v) is 3.34. The van der Waals surface area contributed by atoms with E-state index in [1.165, 1.54) is 23.9 Å². The second-order valence-electron chi connectivity index (χ2n) is 5.47. The molecule has 1 atom stereocenters. The van der Waals surface area contributed by atoms with Crippen LogP contribution in [-0.4, -0.2) is 38.3 Å². The van der Waals surface area contributed by atoms with Gasteiger partial charge in [0.15, 0.2) is 5.16 Å². The largest absolute Gasteiger partial charge is 0.392 e. The summed E-state index contributed by atoms with van der Waals surface area (Å²) in [6.45, 7) is 0.467. The molecule has 3 rings (SSSR count). The van der Waals surface area contributed by atoms with Crippen LogP contribution in [0.25, 0.3) is 5.69 Å². The lowest BCUT2D eigenvalue weighted by molar-refractivity contribution is 0.176. The zero-order valence-electron chi connectivity index (χ0n) is 12.2. The van der Waals surface area contributed by atoms with Crippen molar-refractivity contribution in [3.8, 4) is 5.69 Å². The molecule has 1 aromatic carbocycles. The van der Waals surface area contributed by atoms with Crippen LogP contribution >= 0.6 is 11.8 Å². The van der Waals surface area contributed by atoms with Crippen LogP contribution in [0.4, 0.5) is 4.39 Å². The molecule has 2 aromatic rings. The summed E-state index contributed by atoms with van der Waals surface area (Å²) in [5.74, 6) is 1.48. The standard InChI is InChI=1S/C15H19FN4OS/c16-11-3-5-12(6-4-11)20-14(7-8-17)18-19-15(20)22-9-13(21)10-1-2-10/h3-6,10,13,21H,1-2,7-9,17H2/t13-/m0/s1. The number of thioether (sulfide) groups is 1. The molecule has 7 heteroatoms. The van der Waals surface area contributed by atoms with Crippen LogP contribution in [0.2, 0.25) is 0 Å². The molecule has 0 saturated heterocycles. The number of halogens is 1. The number of hydrogen-bond donors (Lipinski definition) is 2. The van der Waals surface area contributed by atoms with E-state index in [-0.39, 0.29) is 11.9 Å². The maximum absolute atomic E-state index is 13.1. The highest BCUT2D eigenvalue weighted by molar-refractivity contribution is 7.99. The highest BCUT2D eigenvalue weighted by Crippen LogP contribution is 2.35. The van der Waals surface area contributed by atoms with Crippen LogP contribution in [0.3, 0.4) is 0 Å². The summed E-state index contributed by atoms with van der Waals surface area (Å²) in [7, 11) is 0. The summed E-state index contributed by atoms with van der Waals surface area (Å²) in [6.07, 6.45) is 2.49. The molecule has 22 heavy (non-hydrogen) atoms. The van der Waals surface area contributed by atoms with Gasteiger partial charge in [-0.05, 0) is 49.6 Å². The van der Waals surface area contributed by atoms with Gasteiger partial charge in [0.1, 0.15) is 11.6 Å². The Bertz CT molecular complexity index is 627. The molecule has 0 radical (unpaired) electrons. The van der Waals surface area contributed by atoms with Crippen LogP contribution in [0.15, 0.2) is 29.4 Å². The predicted molar refractivity (Wildman–Crippen MR) is 83.5 cm³/mol. The van der Waals surface area contributed by atoms with Gasteiger partial charge >= 0.3 is 0 Å². The quantitative estimate of drug-likeness (QED) is 0.760. The monoisotopic (exact) mass is 322 g/mol. The minimum Gasteiger partial charge on any atom is -0.392 e. The molecule has 0 aliphatic heterocycles. The number of aromatic nitrogens is 3. The number of rotatable bonds is 7. The third kappa shape index (κ3) is 3.48. The highest BCUT2D eigenvalue weighted by atomic mass is 32.2. The second-order valence-corrected chi connectivity index (χ2v) is 6.45. The molecule has 118 valence electrons. The first-order valence-corrected chi connectivity index (χ1v) is 8.38. The molecule has 1 fully saturated rings. The van der Waals surface area contributed by atoms with E-state index < -0.39 is 0 Å². The maximum atomic E-state index is 13.1. The van der Waals surface area contributed by atoms with Gasteiger partial charge in [-0.15, -0.1) is 10.2 Å². The van der Waals surface area contributed by atoms with Gasteiger partial charge in [-0.3, -0.25) is 4.57 Å². The van der Waals surface area contributed by atoms with E-state index in [4.69, 9.17) is 5.73 Å². The Morgan fingerprint density at radius 2 is 2.05 bits per heavy atom. The first-order chi connectivity index (χ1) is 10.7. The average Bonchev–Trinajstić information content (AvgIpc) is 3.29. The molecule has 1 aliphatic carbocycles. The Morgan fingerprint density at radius 3 is 2.68 bits per heavy atom. The Hall–Kier alpha value is -1.44. The zero-order chi connectivity index (χ0) is 15.5. The summed E-state index contributed by atoms with van der Waals surface area (Å²) in [6, 6.07) is 6.21. The summed E-state index contributed by atoms with van der Waals surface area (Å²) < 4.78 is 15.0. The molecule has 5 nitrogen and oxygen atoms in total. The van der Waals surface area contributed by atoms with E-state index in [1.54, 1.807) is 12.1 Å². The minimum atomic E-state index is -0.304. The number of hydrogen-bond acceptors (Lipinski definition) is 5. The van der Waals surface area contributed by atoms with Crippen molar-refractivity contribution in [1.29, 1.82) is 0 Å². The zero-order valence-corrected chi connectivity index (χ0v) is 13.0. The van der Waals surface area contributed by atoms with Crippen LogP contribution < -0.4 is 5.73 Å². The van der Waals surface area contributed by atoms with Crippen molar-refractivity contribution in [1.82, 2.24) is 14.8 Å². The van der Waals surface area contributed by atoms with Crippen LogP contribution in [0.5, 0.6) is 0 Å². The van der Waals surface area contributed by atoms with E-state index in [9.17, 15) is 9.50 Å². The van der Waals surface area contributed by atoms with Crippen LogP contribution in [-0.2, 0) is 6.42 Å². The summed E-state index contributed by atoms with van der Waals surface area (Å²) in [5.41, 5.74) is 6.43. The molecule has 0 spiro atoms. The van der Waals surface area contributed by atoms with Crippen molar-refractivity contribution in [2.24, 2.45) is 11.7 Å². The first-order valence-electron chi connectivity index (χ1n) is 7.40. The van der Waals surface area contributed by atoms with Gasteiger partial charge in [0.25, 0.3) is 0 Å². The molecule has 1 heterocycles. The lowest BCUT2D eigenvalue weighted by Gasteiger charge is -2.11. The van der Waals surface area contributed by atoms with Crippen molar-refractivity contribution in [2.75, 3.05) is 12.3 Å². The summed E-state index contributed by atoms with van der Waals surface area (Å²) in [4.78, 5) is 0. The Morgan fingerprint density at radius 1 is 1.32 bits per heavy atom. The van der Waals surface area contributed by atoms with Crippen molar-refractivity contribution in [3.05, 3.63) is 35.9 Å². The molecule has 0 unspecified atom stereocenters. The molecular weight excluding hydrogens is 303 g/mol. The number of benzene rings is 1. The number of aliphatic hydroxyl groups excluding tert-OH is 1. The minimum absolute atomic E-state index is 0.282. The number of aliphatic hydroxyl groups is 1. The van der Waals surface area contributed by atoms with E-state index in [1.807, 2.05) is 4.57 Å². The van der Waals surface area contributed by atoms with Gasteiger partial charge in [-0.2, -0.15) is 0 Å². The third-order valence-corrected chi connectivity index (χ3v) is 4.73. The van der Waals surface area contributed by atoms with Gasteiger partial charge in [0.2, 0.25) is 0 Å². The van der Waals surface area contributed by atoms with Crippen LogP contribution in [0.1, 0.15) is 18.7 Å². The third-order valence-electron chi connectivity index (χ3n) is 3.70. The van der Waals surface area contributed by atoms with Crippen molar-refractivity contribution >= 4 is 11.8 Å². The maximum Gasteiger partial charge on any atom is 0.195 e. The van der Waals surface area contributed by atoms with Gasteiger partial charge in [0, 0.05) is 17.9 Å². The Balaban J connectivity index is 1.83. The van der Waals surface area contributed by atoms with E-state index in [0.29, 0.717) is 29.8 Å². The SMILES string of the molecule is NCCc1nnc(SC[C@H](O)C2CC2)n1-c1ccc(F)cc1. The molecule has 1 aromatic heterocycles. The molecule has 1 saturated carbocycles. The number of nitrogens with zero attached hydrogens (tertiary/aromatic N) is 3. The van der Waals surface area contributed by atoms with E-state index in [2.05, 4.69) is 10.2 Å². The fraction of sp³-hybridized carbons (Fsp3) is 0.467. The highest BCUT2D eigenvalue weighted by Gasteiger charge is 2.30. The molecule has 3 N–H and O–H groups in total. The van der Waals surface area contributed by atoms with Gasteiger partial charge in [0.05, 0.1) is 6.10 Å². The smallest absolute Gasteiger partial charge is 0.195 e. The lowest BCUT2D eigenvalue weighted by Crippen LogP contribution is -2.13. The molecule has 1 aliphatic rings. The van der Waals surface area contributed by atoms with Crippen molar-refractivity contribution in [3.63, 3.8) is 0 Å².